The van der Waals surface area contributed by atoms with Crippen LogP contribution < -0.4 is 9.46 Å². The van der Waals surface area contributed by atoms with Crippen LogP contribution in [0.2, 0.25) is 5.02 Å². The van der Waals surface area contributed by atoms with Crippen LogP contribution in [0.4, 0.5) is 0 Å². The van der Waals surface area contributed by atoms with Crippen LogP contribution in [-0.4, -0.2) is 21.1 Å². The molecule has 1 atom stereocenters. The zero-order valence-electron chi connectivity index (χ0n) is 10.7. The maximum Gasteiger partial charge on any atom is 0.244 e. The van der Waals surface area contributed by atoms with E-state index in [2.05, 4.69) is 4.72 Å². The van der Waals surface area contributed by atoms with Crippen molar-refractivity contribution in [2.75, 3.05) is 6.61 Å². The molecule has 0 amide bonds. The Kier molecular flexibility index (Phi) is 5.44. The second kappa shape index (κ2) is 6.41. The zero-order valence-corrected chi connectivity index (χ0v) is 12.3. The lowest BCUT2D eigenvalue weighted by Gasteiger charge is -2.15. The predicted molar refractivity (Wildman–Crippen MR) is 72.7 cm³/mol. The number of rotatable bonds is 6. The van der Waals surface area contributed by atoms with Crippen molar-refractivity contribution < 1.29 is 13.2 Å². The molecule has 4 nitrogen and oxygen atoms in total. The van der Waals surface area contributed by atoms with Gasteiger partial charge in [-0.3, -0.25) is 0 Å². The summed E-state index contributed by atoms with van der Waals surface area (Å²) in [5.74, 6) is 0.317. The lowest BCUT2D eigenvalue weighted by Crippen LogP contribution is -2.32. The van der Waals surface area contributed by atoms with Gasteiger partial charge in [0, 0.05) is 11.1 Å². The maximum atomic E-state index is 12.2. The first-order chi connectivity index (χ1) is 8.40. The van der Waals surface area contributed by atoms with Crippen molar-refractivity contribution in [2.45, 2.75) is 38.1 Å². The van der Waals surface area contributed by atoms with Gasteiger partial charge in [-0.1, -0.05) is 18.5 Å². The smallest absolute Gasteiger partial charge is 0.244 e. The largest absolute Gasteiger partial charge is 0.492 e. The lowest BCUT2D eigenvalue weighted by atomic mass is 10.3. The molecule has 0 heterocycles. The third-order valence-electron chi connectivity index (χ3n) is 2.46. The Bertz CT molecular complexity index is 502. The summed E-state index contributed by atoms with van der Waals surface area (Å²) in [6, 6.07) is 4.44. The van der Waals surface area contributed by atoms with Gasteiger partial charge >= 0.3 is 0 Å². The molecule has 0 saturated carbocycles. The highest BCUT2D eigenvalue weighted by atomic mass is 35.5. The quantitative estimate of drug-likeness (QED) is 0.877. The van der Waals surface area contributed by atoms with Gasteiger partial charge in [-0.25, -0.2) is 13.1 Å². The Hall–Kier alpha value is -0.780. The summed E-state index contributed by atoms with van der Waals surface area (Å²) in [7, 11) is -3.61. The van der Waals surface area contributed by atoms with E-state index in [4.69, 9.17) is 16.3 Å². The van der Waals surface area contributed by atoms with Crippen LogP contribution >= 0.6 is 11.6 Å². The fourth-order valence-electron chi connectivity index (χ4n) is 1.38. The van der Waals surface area contributed by atoms with Crippen LogP contribution in [0.25, 0.3) is 0 Å². The SMILES string of the molecule is CCOc1ccc(Cl)cc1S(=O)(=O)N[C@H](C)CC. The van der Waals surface area contributed by atoms with Crippen LogP contribution in [0, 0.1) is 0 Å². The van der Waals surface area contributed by atoms with Crippen LogP contribution in [0.1, 0.15) is 27.2 Å². The molecule has 1 N–H and O–H groups in total. The minimum Gasteiger partial charge on any atom is -0.492 e. The third-order valence-corrected chi connectivity index (χ3v) is 4.31. The summed E-state index contributed by atoms with van der Waals surface area (Å²) < 4.78 is 32.3. The van der Waals surface area contributed by atoms with E-state index >= 15 is 0 Å². The molecule has 0 aliphatic rings. The summed E-state index contributed by atoms with van der Waals surface area (Å²) >= 11 is 5.85. The van der Waals surface area contributed by atoms with Gasteiger partial charge in [0.25, 0.3) is 0 Å². The van der Waals surface area contributed by atoms with E-state index in [1.165, 1.54) is 6.07 Å². The maximum absolute atomic E-state index is 12.2. The molecule has 0 aliphatic heterocycles. The van der Waals surface area contributed by atoms with E-state index in [1.807, 2.05) is 13.8 Å². The van der Waals surface area contributed by atoms with Crippen LogP contribution in [0.15, 0.2) is 23.1 Å². The fraction of sp³-hybridized carbons (Fsp3) is 0.500. The molecule has 1 rings (SSSR count). The summed E-state index contributed by atoms with van der Waals surface area (Å²) in [6.07, 6.45) is 0.712. The first-order valence-electron chi connectivity index (χ1n) is 5.85. The van der Waals surface area contributed by atoms with E-state index in [9.17, 15) is 8.42 Å². The van der Waals surface area contributed by atoms with Crippen molar-refractivity contribution in [1.82, 2.24) is 4.72 Å². The number of sulfonamides is 1. The minimum absolute atomic E-state index is 0.0807. The van der Waals surface area contributed by atoms with Gasteiger partial charge in [0.05, 0.1) is 6.61 Å². The van der Waals surface area contributed by atoms with Gasteiger partial charge in [0.15, 0.2) is 0 Å². The third kappa shape index (κ3) is 3.86. The Balaban J connectivity index is 3.17. The molecule has 0 bridgehead atoms. The fourth-order valence-corrected chi connectivity index (χ4v) is 3.11. The Morgan fingerprint density at radius 3 is 2.61 bits per heavy atom. The van der Waals surface area contributed by atoms with Crippen molar-refractivity contribution in [3.05, 3.63) is 23.2 Å². The summed E-state index contributed by atoms with van der Waals surface area (Å²) in [4.78, 5) is 0.0807. The number of benzene rings is 1. The van der Waals surface area contributed by atoms with Crippen LogP contribution in [0.3, 0.4) is 0 Å². The molecule has 0 aromatic heterocycles. The second-order valence-corrected chi connectivity index (χ2v) is 6.07. The Labute approximate surface area is 113 Å². The predicted octanol–water partition coefficient (Wildman–Crippen LogP) is 2.82. The van der Waals surface area contributed by atoms with Crippen molar-refractivity contribution in [3.63, 3.8) is 0 Å². The highest BCUT2D eigenvalue weighted by Crippen LogP contribution is 2.27. The van der Waals surface area contributed by atoms with E-state index in [1.54, 1.807) is 19.1 Å². The zero-order chi connectivity index (χ0) is 13.8. The normalized spacial score (nSPS) is 13.3. The van der Waals surface area contributed by atoms with Gasteiger partial charge in [-0.15, -0.1) is 0 Å². The van der Waals surface area contributed by atoms with Gasteiger partial charge in [-0.2, -0.15) is 0 Å². The minimum atomic E-state index is -3.61. The van der Waals surface area contributed by atoms with Gasteiger partial charge in [-0.05, 0) is 38.5 Å². The molecule has 18 heavy (non-hydrogen) atoms. The number of nitrogens with one attached hydrogen (secondary N) is 1. The molecular formula is C12H18ClNO3S. The van der Waals surface area contributed by atoms with E-state index in [0.717, 1.165) is 0 Å². The number of halogens is 1. The second-order valence-electron chi connectivity index (χ2n) is 3.95. The van der Waals surface area contributed by atoms with Crippen LogP contribution in [0.5, 0.6) is 5.75 Å². The monoisotopic (exact) mass is 291 g/mol. The summed E-state index contributed by atoms with van der Waals surface area (Å²) in [5, 5.41) is 0.364. The average molecular weight is 292 g/mol. The molecule has 0 aliphatic carbocycles. The summed E-state index contributed by atoms with van der Waals surface area (Å²) in [5.41, 5.74) is 0. The van der Waals surface area contributed by atoms with Crippen molar-refractivity contribution in [2.24, 2.45) is 0 Å². The molecule has 102 valence electrons. The van der Waals surface area contributed by atoms with E-state index in [-0.39, 0.29) is 10.9 Å². The first kappa shape index (κ1) is 15.3. The molecular weight excluding hydrogens is 274 g/mol. The molecule has 0 spiro atoms. The van der Waals surface area contributed by atoms with Gasteiger partial charge < -0.3 is 4.74 Å². The van der Waals surface area contributed by atoms with E-state index < -0.39 is 10.0 Å². The van der Waals surface area contributed by atoms with Crippen molar-refractivity contribution >= 4 is 21.6 Å². The number of hydrogen-bond donors (Lipinski definition) is 1. The molecule has 0 saturated heterocycles. The highest BCUT2D eigenvalue weighted by molar-refractivity contribution is 7.89. The molecule has 0 radical (unpaired) electrons. The standard InChI is InChI=1S/C12H18ClNO3S/c1-4-9(3)14-18(15,16)12-8-10(13)6-7-11(12)17-5-2/h6-9,14H,4-5H2,1-3H3/t9-/m1/s1. The molecule has 1 aromatic carbocycles. The summed E-state index contributed by atoms with van der Waals surface area (Å²) in [6.45, 7) is 5.91. The highest BCUT2D eigenvalue weighted by Gasteiger charge is 2.21. The lowest BCUT2D eigenvalue weighted by molar-refractivity contribution is 0.331. The average Bonchev–Trinajstić information content (AvgIpc) is 2.31. The molecule has 0 fully saturated rings. The van der Waals surface area contributed by atoms with Crippen LogP contribution in [-0.2, 0) is 10.0 Å². The first-order valence-corrected chi connectivity index (χ1v) is 7.71. The number of hydrogen-bond acceptors (Lipinski definition) is 3. The Morgan fingerprint density at radius 1 is 1.39 bits per heavy atom. The van der Waals surface area contributed by atoms with Gasteiger partial charge in [0.1, 0.15) is 10.6 Å². The Morgan fingerprint density at radius 2 is 2.06 bits per heavy atom. The van der Waals surface area contributed by atoms with Crippen molar-refractivity contribution in [1.29, 1.82) is 0 Å². The molecule has 1 aromatic rings. The molecule has 0 unspecified atom stereocenters. The van der Waals surface area contributed by atoms with Crippen molar-refractivity contribution in [3.8, 4) is 5.75 Å². The molecule has 6 heteroatoms. The number of ether oxygens (including phenoxy) is 1. The van der Waals surface area contributed by atoms with E-state index in [0.29, 0.717) is 23.8 Å². The van der Waals surface area contributed by atoms with Gasteiger partial charge in [0.2, 0.25) is 10.0 Å². The topological polar surface area (TPSA) is 55.4 Å².